The van der Waals surface area contributed by atoms with Gasteiger partial charge >= 0.3 is 11.9 Å². The molecule has 1 aliphatic rings. The van der Waals surface area contributed by atoms with E-state index in [4.69, 9.17) is 9.47 Å². The van der Waals surface area contributed by atoms with Gasteiger partial charge in [-0.25, -0.2) is 9.59 Å². The first-order valence-corrected chi connectivity index (χ1v) is 12.4. The summed E-state index contributed by atoms with van der Waals surface area (Å²) in [6, 6.07) is 20.7. The second kappa shape index (κ2) is 12.0. The molecule has 0 spiro atoms. The van der Waals surface area contributed by atoms with Crippen LogP contribution in [-0.2, 0) is 19.1 Å². The van der Waals surface area contributed by atoms with Crippen LogP contribution in [0.2, 0.25) is 0 Å². The number of hydrogen-bond donors (Lipinski definition) is 2. The molecule has 3 aromatic carbocycles. The van der Waals surface area contributed by atoms with Gasteiger partial charge in [0.25, 0.3) is 5.91 Å². The third-order valence-electron chi connectivity index (χ3n) is 6.05. The van der Waals surface area contributed by atoms with Crippen molar-refractivity contribution in [1.29, 1.82) is 0 Å². The molecule has 1 atom stereocenters. The predicted octanol–water partition coefficient (Wildman–Crippen LogP) is 5.19. The lowest BCUT2D eigenvalue weighted by molar-refractivity contribution is -0.136. The molecule has 0 fully saturated rings. The fourth-order valence-electron chi connectivity index (χ4n) is 4.41. The Morgan fingerprint density at radius 3 is 1.89 bits per heavy atom. The second-order valence-corrected chi connectivity index (χ2v) is 8.47. The van der Waals surface area contributed by atoms with Gasteiger partial charge in [-0.3, -0.25) is 9.59 Å². The van der Waals surface area contributed by atoms with Crippen LogP contribution in [0.15, 0.2) is 78.9 Å². The predicted molar refractivity (Wildman–Crippen MR) is 144 cm³/mol. The number of ether oxygens (including phenoxy) is 2. The van der Waals surface area contributed by atoms with Gasteiger partial charge in [-0.2, -0.15) is 0 Å². The van der Waals surface area contributed by atoms with Gasteiger partial charge in [0.1, 0.15) is 0 Å². The van der Waals surface area contributed by atoms with E-state index in [-0.39, 0.29) is 53.4 Å². The van der Waals surface area contributed by atoms with Crippen molar-refractivity contribution in [1.82, 2.24) is 0 Å². The molecule has 8 nitrogen and oxygen atoms in total. The van der Waals surface area contributed by atoms with Crippen LogP contribution in [-0.4, -0.2) is 37.0 Å². The normalized spacial score (nSPS) is 13.9. The number of para-hydroxylation sites is 2. The molecule has 0 saturated carbocycles. The van der Waals surface area contributed by atoms with Crippen LogP contribution in [0.25, 0.3) is 5.57 Å². The highest BCUT2D eigenvalue weighted by atomic mass is 16.5. The van der Waals surface area contributed by atoms with E-state index in [2.05, 4.69) is 10.6 Å². The molecular formula is C30H28N2O6. The van der Waals surface area contributed by atoms with Crippen LogP contribution >= 0.6 is 0 Å². The molecule has 0 heterocycles. The van der Waals surface area contributed by atoms with Crippen molar-refractivity contribution < 1.29 is 28.7 Å². The number of anilines is 2. The molecule has 38 heavy (non-hydrogen) atoms. The lowest BCUT2D eigenvalue weighted by atomic mass is 9.77. The first-order chi connectivity index (χ1) is 18.4. The zero-order valence-corrected chi connectivity index (χ0v) is 21.2. The second-order valence-electron chi connectivity index (χ2n) is 8.47. The number of nitrogens with one attached hydrogen (secondary N) is 2. The number of hydrogen-bond acceptors (Lipinski definition) is 6. The Balaban J connectivity index is 1.88. The van der Waals surface area contributed by atoms with Gasteiger partial charge in [-0.05, 0) is 62.2 Å². The van der Waals surface area contributed by atoms with Gasteiger partial charge in [0.05, 0.1) is 30.3 Å². The zero-order chi connectivity index (χ0) is 27.1. The van der Waals surface area contributed by atoms with Crippen LogP contribution in [0, 0.1) is 0 Å². The van der Waals surface area contributed by atoms with E-state index < -0.39 is 23.8 Å². The maximum absolute atomic E-state index is 13.5. The van der Waals surface area contributed by atoms with E-state index in [0.29, 0.717) is 11.4 Å². The van der Waals surface area contributed by atoms with Gasteiger partial charge in [-0.1, -0.05) is 42.5 Å². The molecule has 0 radical (unpaired) electrons. The molecule has 0 aromatic heterocycles. The lowest BCUT2D eigenvalue weighted by Crippen LogP contribution is -2.29. The molecule has 2 N–H and O–H groups in total. The van der Waals surface area contributed by atoms with Crippen molar-refractivity contribution >= 4 is 40.7 Å². The summed E-state index contributed by atoms with van der Waals surface area (Å²) in [5.74, 6) is -3.05. The minimum atomic E-state index is -0.868. The van der Waals surface area contributed by atoms with Crippen molar-refractivity contribution in [3.8, 4) is 0 Å². The van der Waals surface area contributed by atoms with Gasteiger partial charge in [0.15, 0.2) is 0 Å². The summed E-state index contributed by atoms with van der Waals surface area (Å²) in [6.45, 7) is 3.59. The maximum atomic E-state index is 13.5. The molecule has 0 saturated heterocycles. The van der Waals surface area contributed by atoms with Crippen molar-refractivity contribution in [3.63, 3.8) is 0 Å². The molecule has 1 unspecified atom stereocenters. The Morgan fingerprint density at radius 1 is 0.737 bits per heavy atom. The minimum Gasteiger partial charge on any atom is -0.462 e. The van der Waals surface area contributed by atoms with Crippen LogP contribution in [0.3, 0.4) is 0 Å². The third-order valence-corrected chi connectivity index (χ3v) is 6.05. The molecule has 8 heteroatoms. The standard InChI is InChI=1S/C30H28N2O6/c1-3-37-29(35)23-17-15-22(28(34)32-20-13-9-6-10-14-20)26-24(30(36)38-4-2)18-16-21(25(23)26)27(33)31-19-11-7-5-8-12-19/h5-15,17-18,21H,3-4,16H2,1-2H3,(H,31,33)(H,32,34). The number of benzene rings is 3. The van der Waals surface area contributed by atoms with Gasteiger partial charge in [0, 0.05) is 22.5 Å². The first-order valence-electron chi connectivity index (χ1n) is 12.4. The number of allylic oxidation sites excluding steroid dienone is 1. The summed E-state index contributed by atoms with van der Waals surface area (Å²) in [4.78, 5) is 53.1. The number of carbonyl (C=O) groups excluding carboxylic acids is 4. The highest BCUT2D eigenvalue weighted by Gasteiger charge is 2.37. The lowest BCUT2D eigenvalue weighted by Gasteiger charge is -2.28. The fraction of sp³-hybridized carbons (Fsp3) is 0.200. The Bertz CT molecular complexity index is 1380. The van der Waals surface area contributed by atoms with E-state index in [9.17, 15) is 19.2 Å². The van der Waals surface area contributed by atoms with Crippen LogP contribution < -0.4 is 10.6 Å². The largest absolute Gasteiger partial charge is 0.462 e. The topological polar surface area (TPSA) is 111 Å². The van der Waals surface area contributed by atoms with Crippen LogP contribution in [0.1, 0.15) is 58.0 Å². The van der Waals surface area contributed by atoms with E-state index in [1.807, 2.05) is 12.1 Å². The molecule has 3 aromatic rings. The summed E-state index contributed by atoms with van der Waals surface area (Å²) in [5.41, 5.74) is 1.93. The van der Waals surface area contributed by atoms with Crippen LogP contribution in [0.5, 0.6) is 0 Å². The number of rotatable bonds is 8. The van der Waals surface area contributed by atoms with Gasteiger partial charge < -0.3 is 20.1 Å². The van der Waals surface area contributed by atoms with Crippen molar-refractivity contribution in [3.05, 3.63) is 101 Å². The van der Waals surface area contributed by atoms with E-state index in [1.165, 1.54) is 12.1 Å². The van der Waals surface area contributed by atoms with E-state index >= 15 is 0 Å². The SMILES string of the molecule is CCOC(=O)C1=CCC(C(=O)Nc2ccccc2)c2c(C(=O)OCC)ccc(C(=O)Nc3ccccc3)c21. The number of esters is 2. The van der Waals surface area contributed by atoms with Crippen LogP contribution in [0.4, 0.5) is 11.4 Å². The Hall–Kier alpha value is -4.72. The third kappa shape index (κ3) is 5.64. The summed E-state index contributed by atoms with van der Waals surface area (Å²) >= 11 is 0. The Morgan fingerprint density at radius 2 is 1.29 bits per heavy atom. The van der Waals surface area contributed by atoms with E-state index in [1.54, 1.807) is 68.5 Å². The molecule has 4 rings (SSSR count). The highest BCUT2D eigenvalue weighted by molar-refractivity contribution is 6.23. The minimum absolute atomic E-state index is 0.112. The molecule has 0 aliphatic heterocycles. The zero-order valence-electron chi connectivity index (χ0n) is 21.2. The average Bonchev–Trinajstić information content (AvgIpc) is 2.93. The molecule has 2 amide bonds. The Labute approximate surface area is 220 Å². The molecule has 194 valence electrons. The summed E-state index contributed by atoms with van der Waals surface area (Å²) in [7, 11) is 0. The summed E-state index contributed by atoms with van der Waals surface area (Å²) in [5, 5.41) is 5.69. The van der Waals surface area contributed by atoms with Crippen molar-refractivity contribution in [2.75, 3.05) is 23.8 Å². The number of fused-ring (bicyclic) bond motifs is 1. The van der Waals surface area contributed by atoms with Crippen molar-refractivity contribution in [2.24, 2.45) is 0 Å². The van der Waals surface area contributed by atoms with Gasteiger partial charge in [0.2, 0.25) is 5.91 Å². The maximum Gasteiger partial charge on any atom is 0.338 e. The monoisotopic (exact) mass is 512 g/mol. The smallest absolute Gasteiger partial charge is 0.338 e. The Kier molecular flexibility index (Phi) is 8.33. The first kappa shape index (κ1) is 26.3. The quantitative estimate of drug-likeness (QED) is 0.402. The fourth-order valence-corrected chi connectivity index (χ4v) is 4.41. The summed E-state index contributed by atoms with van der Waals surface area (Å²) in [6.07, 6.45) is 1.71. The summed E-state index contributed by atoms with van der Waals surface area (Å²) < 4.78 is 10.5. The number of amides is 2. The number of carbonyl (C=O) groups is 4. The molecular weight excluding hydrogens is 484 g/mol. The molecule has 0 bridgehead atoms. The average molecular weight is 513 g/mol. The van der Waals surface area contributed by atoms with Crippen molar-refractivity contribution in [2.45, 2.75) is 26.2 Å². The highest BCUT2D eigenvalue weighted by Crippen LogP contribution is 2.41. The van der Waals surface area contributed by atoms with E-state index in [0.717, 1.165) is 0 Å². The molecule has 1 aliphatic carbocycles. The van der Waals surface area contributed by atoms with Gasteiger partial charge in [-0.15, -0.1) is 0 Å².